The van der Waals surface area contributed by atoms with Crippen LogP contribution in [0, 0.1) is 0 Å². The molecule has 0 spiro atoms. The second-order valence-corrected chi connectivity index (χ2v) is 3.94. The first-order valence-corrected chi connectivity index (χ1v) is 5.14. The van der Waals surface area contributed by atoms with Gasteiger partial charge in [0.15, 0.2) is 0 Å². The van der Waals surface area contributed by atoms with Gasteiger partial charge in [-0.1, -0.05) is 12.1 Å². The van der Waals surface area contributed by atoms with Crippen LogP contribution in [0.1, 0.15) is 5.56 Å². The fraction of sp³-hybridized carbons (Fsp3) is 0.143. The molecule has 0 aliphatic heterocycles. The van der Waals surface area contributed by atoms with E-state index < -0.39 is 10.1 Å². The monoisotopic (exact) mass is 230 g/mol. The van der Waals surface area contributed by atoms with Crippen LogP contribution in [0.3, 0.4) is 0 Å². The quantitative estimate of drug-likeness (QED) is 0.469. The van der Waals surface area contributed by atoms with Crippen molar-refractivity contribution < 1.29 is 13.0 Å². The van der Waals surface area contributed by atoms with Crippen molar-refractivity contribution in [3.8, 4) is 0 Å². The van der Waals surface area contributed by atoms with E-state index >= 15 is 0 Å². The maximum absolute atomic E-state index is 10.6. The molecule has 1 N–H and O–H groups in total. The first-order chi connectivity index (χ1) is 5.54. The number of hydrogen-bond acceptors (Lipinski definition) is 2. The average Bonchev–Trinajstić information content (AvgIpc) is 2.03. The van der Waals surface area contributed by atoms with E-state index in [0.717, 1.165) is 5.56 Å². The summed E-state index contributed by atoms with van der Waals surface area (Å²) in [5.74, 6) is 0.325. The van der Waals surface area contributed by atoms with Gasteiger partial charge in [0.05, 0.1) is 4.90 Å². The minimum atomic E-state index is -4.07. The van der Waals surface area contributed by atoms with Crippen LogP contribution >= 0.6 is 11.6 Å². The Labute approximate surface area is 104 Å². The van der Waals surface area contributed by atoms with Gasteiger partial charge in [-0.15, -0.1) is 11.6 Å². The Morgan fingerprint density at radius 2 is 1.69 bits per heavy atom. The molecule has 13 heavy (non-hydrogen) atoms. The molecule has 0 aliphatic rings. The number of rotatable bonds is 2. The summed E-state index contributed by atoms with van der Waals surface area (Å²) in [6.45, 7) is 0. The Hall–Kier alpha value is 0.420. The predicted octanol–water partition coefficient (Wildman–Crippen LogP) is 1.02. The fourth-order valence-electron chi connectivity index (χ4n) is 0.751. The molecule has 1 rings (SSSR count). The predicted molar refractivity (Wildman–Crippen MR) is 53.0 cm³/mol. The average molecular weight is 231 g/mol. The zero-order valence-electron chi connectivity index (χ0n) is 6.07. The number of halogens is 1. The van der Waals surface area contributed by atoms with Crippen molar-refractivity contribution in [1.29, 1.82) is 0 Å². The van der Waals surface area contributed by atoms with Crippen LogP contribution in [0.2, 0.25) is 0 Å². The van der Waals surface area contributed by atoms with E-state index in [-0.39, 0.29) is 34.5 Å². The van der Waals surface area contributed by atoms with Crippen LogP contribution in [0.15, 0.2) is 29.2 Å². The van der Waals surface area contributed by atoms with Crippen molar-refractivity contribution in [3.05, 3.63) is 29.8 Å². The van der Waals surface area contributed by atoms with Gasteiger partial charge in [-0.3, -0.25) is 4.55 Å². The van der Waals surface area contributed by atoms with Crippen molar-refractivity contribution in [1.82, 2.24) is 0 Å². The van der Waals surface area contributed by atoms with Crippen LogP contribution in [0.4, 0.5) is 0 Å². The summed E-state index contributed by atoms with van der Waals surface area (Å²) in [4.78, 5) is -0.114. The van der Waals surface area contributed by atoms with Crippen molar-refractivity contribution in [2.24, 2.45) is 0 Å². The van der Waals surface area contributed by atoms with E-state index in [9.17, 15) is 8.42 Å². The van der Waals surface area contributed by atoms with Gasteiger partial charge in [-0.2, -0.15) is 8.42 Å². The molecule has 0 heterocycles. The third-order valence-corrected chi connectivity index (χ3v) is 2.55. The van der Waals surface area contributed by atoms with Gasteiger partial charge in [0.2, 0.25) is 0 Å². The Bertz CT molecular complexity index is 360. The van der Waals surface area contributed by atoms with E-state index in [4.69, 9.17) is 16.2 Å². The molecule has 0 unspecified atom stereocenters. The molecular formula is C7H8ClNaO3S. The first kappa shape index (κ1) is 13.4. The van der Waals surface area contributed by atoms with Crippen LogP contribution in [-0.2, 0) is 16.0 Å². The molecule has 0 aromatic heterocycles. The molecule has 0 atom stereocenters. The standard InChI is InChI=1S/C7H7ClO3S.Na.H/c8-5-6-1-3-7(4-2-6)12(9,10)11;;/h1-4H,5H2,(H,9,10,11);;. The van der Waals surface area contributed by atoms with Gasteiger partial charge >= 0.3 is 29.6 Å². The zero-order valence-corrected chi connectivity index (χ0v) is 7.64. The van der Waals surface area contributed by atoms with E-state index in [2.05, 4.69) is 0 Å². The Morgan fingerprint density at radius 1 is 1.23 bits per heavy atom. The van der Waals surface area contributed by atoms with Crippen molar-refractivity contribution in [3.63, 3.8) is 0 Å². The summed E-state index contributed by atoms with van der Waals surface area (Å²) in [6, 6.07) is 5.73. The topological polar surface area (TPSA) is 54.4 Å². The van der Waals surface area contributed by atoms with Crippen LogP contribution in [0.25, 0.3) is 0 Å². The molecule has 0 amide bonds. The van der Waals surface area contributed by atoms with Crippen LogP contribution in [0.5, 0.6) is 0 Å². The molecule has 0 aliphatic carbocycles. The molecular weight excluding hydrogens is 223 g/mol. The molecule has 3 nitrogen and oxygen atoms in total. The second kappa shape index (κ2) is 5.34. The third kappa shape index (κ3) is 3.97. The van der Waals surface area contributed by atoms with Gasteiger partial charge in [0.1, 0.15) is 0 Å². The molecule has 0 saturated carbocycles. The van der Waals surface area contributed by atoms with E-state index in [1.54, 1.807) is 12.1 Å². The fourth-order valence-corrected chi connectivity index (χ4v) is 1.41. The molecule has 6 heteroatoms. The summed E-state index contributed by atoms with van der Waals surface area (Å²) < 4.78 is 29.7. The SMILES string of the molecule is O=S(=O)(O)c1ccc(CCl)cc1.[NaH]. The van der Waals surface area contributed by atoms with E-state index in [0.29, 0.717) is 5.88 Å². The first-order valence-electron chi connectivity index (χ1n) is 3.16. The number of alkyl halides is 1. The Morgan fingerprint density at radius 3 is 2.00 bits per heavy atom. The summed E-state index contributed by atoms with van der Waals surface area (Å²) in [6.07, 6.45) is 0. The van der Waals surface area contributed by atoms with Crippen molar-refractivity contribution in [2.45, 2.75) is 10.8 Å². The third-order valence-electron chi connectivity index (χ3n) is 1.38. The van der Waals surface area contributed by atoms with Crippen LogP contribution in [-0.4, -0.2) is 42.5 Å². The molecule has 1 aromatic carbocycles. The Balaban J connectivity index is 0.00000144. The molecule has 1 aromatic rings. The summed E-state index contributed by atoms with van der Waals surface area (Å²) in [5.41, 5.74) is 0.809. The maximum atomic E-state index is 10.6. The summed E-state index contributed by atoms with van der Waals surface area (Å²) >= 11 is 5.48. The van der Waals surface area contributed by atoms with Gasteiger partial charge in [0.25, 0.3) is 10.1 Å². The normalized spacial score (nSPS) is 10.6. The van der Waals surface area contributed by atoms with E-state index in [1.165, 1.54) is 12.1 Å². The van der Waals surface area contributed by atoms with E-state index in [1.807, 2.05) is 0 Å². The van der Waals surface area contributed by atoms with Gasteiger partial charge in [-0.05, 0) is 17.7 Å². The number of hydrogen-bond donors (Lipinski definition) is 1. The number of benzene rings is 1. The van der Waals surface area contributed by atoms with Gasteiger partial charge in [0, 0.05) is 5.88 Å². The molecule has 0 saturated heterocycles. The second-order valence-electron chi connectivity index (χ2n) is 2.25. The zero-order chi connectivity index (χ0) is 9.19. The molecule has 0 radical (unpaired) electrons. The summed E-state index contributed by atoms with van der Waals surface area (Å²) in [7, 11) is -4.07. The van der Waals surface area contributed by atoms with Gasteiger partial charge < -0.3 is 0 Å². The minimum absolute atomic E-state index is 0. The van der Waals surface area contributed by atoms with Crippen molar-refractivity contribution in [2.75, 3.05) is 0 Å². The van der Waals surface area contributed by atoms with Gasteiger partial charge in [-0.25, -0.2) is 0 Å². The summed E-state index contributed by atoms with van der Waals surface area (Å²) in [5, 5.41) is 0. The molecule has 68 valence electrons. The molecule has 0 fully saturated rings. The van der Waals surface area contributed by atoms with Crippen LogP contribution < -0.4 is 0 Å². The van der Waals surface area contributed by atoms with Crippen molar-refractivity contribution >= 4 is 51.3 Å². The Kier molecular flexibility index (Phi) is 5.51. The molecule has 0 bridgehead atoms.